The first-order valence-corrected chi connectivity index (χ1v) is 10.1. The molecule has 8 heteroatoms. The highest BCUT2D eigenvalue weighted by molar-refractivity contribution is 5.69. The SMILES string of the molecule is CC(C)(C)OC(=O)N1CC2CNCC(c3ccc4c(c3)OC[C@H](N)C4)(C1)C2(F)F. The number of nitrogens with one attached hydrogen (secondary N) is 1. The predicted octanol–water partition coefficient (Wildman–Crippen LogP) is 2.29. The maximum absolute atomic E-state index is 15.6. The molecule has 0 saturated carbocycles. The molecule has 29 heavy (non-hydrogen) atoms. The van der Waals surface area contributed by atoms with Crippen LogP contribution in [0.15, 0.2) is 18.2 Å². The molecule has 2 saturated heterocycles. The lowest BCUT2D eigenvalue weighted by Gasteiger charge is -2.55. The quantitative estimate of drug-likeness (QED) is 0.744. The van der Waals surface area contributed by atoms with Gasteiger partial charge in [-0.15, -0.1) is 0 Å². The van der Waals surface area contributed by atoms with Gasteiger partial charge in [0.1, 0.15) is 18.0 Å². The third-order valence-corrected chi connectivity index (χ3v) is 6.08. The molecule has 4 rings (SSSR count). The van der Waals surface area contributed by atoms with Crippen molar-refractivity contribution in [1.29, 1.82) is 0 Å². The zero-order valence-electron chi connectivity index (χ0n) is 17.1. The lowest BCUT2D eigenvalue weighted by molar-refractivity contribution is -0.178. The highest BCUT2D eigenvalue weighted by Crippen LogP contribution is 2.51. The first-order chi connectivity index (χ1) is 13.5. The molecule has 3 aliphatic rings. The van der Waals surface area contributed by atoms with Crippen LogP contribution in [0.25, 0.3) is 0 Å². The van der Waals surface area contributed by atoms with Crippen molar-refractivity contribution in [3.63, 3.8) is 0 Å². The van der Waals surface area contributed by atoms with E-state index in [1.54, 1.807) is 32.9 Å². The molecule has 0 aliphatic carbocycles. The summed E-state index contributed by atoms with van der Waals surface area (Å²) < 4.78 is 42.5. The molecule has 0 spiro atoms. The monoisotopic (exact) mass is 409 g/mol. The Morgan fingerprint density at radius 3 is 2.86 bits per heavy atom. The minimum Gasteiger partial charge on any atom is -0.492 e. The number of likely N-dealkylation sites (tertiary alicyclic amines) is 1. The molecule has 0 aromatic heterocycles. The smallest absolute Gasteiger partial charge is 0.410 e. The average Bonchev–Trinajstić information content (AvgIpc) is 2.59. The number of carbonyl (C=O) groups is 1. The van der Waals surface area contributed by atoms with E-state index in [2.05, 4.69) is 5.32 Å². The molecule has 6 nitrogen and oxygen atoms in total. The topological polar surface area (TPSA) is 76.8 Å². The number of rotatable bonds is 1. The molecule has 1 amide bonds. The number of carbonyl (C=O) groups excluding carboxylic acids is 1. The fourth-order valence-corrected chi connectivity index (χ4v) is 4.64. The number of hydrogen-bond acceptors (Lipinski definition) is 5. The van der Waals surface area contributed by atoms with E-state index in [1.807, 2.05) is 6.07 Å². The van der Waals surface area contributed by atoms with Crippen LogP contribution in [0.3, 0.4) is 0 Å². The van der Waals surface area contributed by atoms with Gasteiger partial charge in [0.2, 0.25) is 0 Å². The van der Waals surface area contributed by atoms with E-state index in [4.69, 9.17) is 15.2 Å². The standard InChI is InChI=1S/C21H29F2N3O3/c1-19(2,3)29-18(27)26-9-15-8-25-11-20(12-26,21(15,22)23)14-5-4-13-6-16(24)10-28-17(13)7-14/h4-5,7,15-16,25H,6,8-12,24H2,1-3H3/t15?,16-,20?/m1/s1. The summed E-state index contributed by atoms with van der Waals surface area (Å²) in [6.45, 7) is 5.76. The highest BCUT2D eigenvalue weighted by Gasteiger charge is 2.65. The zero-order chi connectivity index (χ0) is 21.0. The Balaban J connectivity index is 1.71. The second-order valence-electron chi connectivity index (χ2n) is 9.49. The fourth-order valence-electron chi connectivity index (χ4n) is 4.64. The molecule has 3 N–H and O–H groups in total. The predicted molar refractivity (Wildman–Crippen MR) is 104 cm³/mol. The van der Waals surface area contributed by atoms with Crippen molar-refractivity contribution in [3.8, 4) is 5.75 Å². The number of fused-ring (bicyclic) bond motifs is 3. The van der Waals surface area contributed by atoms with Crippen molar-refractivity contribution >= 4 is 6.09 Å². The molecule has 1 aromatic rings. The Bertz CT molecular complexity index is 811. The molecule has 3 atom stereocenters. The van der Waals surface area contributed by atoms with Crippen LogP contribution >= 0.6 is 0 Å². The number of ether oxygens (including phenoxy) is 2. The van der Waals surface area contributed by atoms with Gasteiger partial charge in [-0.05, 0) is 44.4 Å². The molecule has 2 unspecified atom stereocenters. The van der Waals surface area contributed by atoms with Crippen LogP contribution in [0.2, 0.25) is 0 Å². The number of amides is 1. The van der Waals surface area contributed by atoms with Crippen molar-refractivity contribution in [3.05, 3.63) is 29.3 Å². The van der Waals surface area contributed by atoms with E-state index in [-0.39, 0.29) is 32.2 Å². The van der Waals surface area contributed by atoms with Gasteiger partial charge in [-0.25, -0.2) is 13.6 Å². The van der Waals surface area contributed by atoms with Crippen LogP contribution < -0.4 is 15.8 Å². The van der Waals surface area contributed by atoms with Gasteiger partial charge >= 0.3 is 6.09 Å². The summed E-state index contributed by atoms with van der Waals surface area (Å²) in [6.07, 6.45) is 0.105. The molecule has 2 bridgehead atoms. The summed E-state index contributed by atoms with van der Waals surface area (Å²) >= 11 is 0. The second-order valence-corrected chi connectivity index (χ2v) is 9.49. The number of hydrogen-bond donors (Lipinski definition) is 2. The third-order valence-electron chi connectivity index (χ3n) is 6.08. The van der Waals surface area contributed by atoms with Crippen LogP contribution in [-0.4, -0.2) is 61.3 Å². The molecular formula is C21H29F2N3O3. The molecule has 1 aromatic carbocycles. The van der Waals surface area contributed by atoms with Crippen molar-refractivity contribution in [2.24, 2.45) is 11.7 Å². The Morgan fingerprint density at radius 2 is 2.14 bits per heavy atom. The molecule has 3 heterocycles. The summed E-state index contributed by atoms with van der Waals surface area (Å²) in [5, 5.41) is 3.16. The maximum Gasteiger partial charge on any atom is 0.410 e. The van der Waals surface area contributed by atoms with Gasteiger partial charge in [-0.1, -0.05) is 12.1 Å². The van der Waals surface area contributed by atoms with Gasteiger partial charge in [-0.3, -0.25) is 0 Å². The highest BCUT2D eigenvalue weighted by atomic mass is 19.3. The van der Waals surface area contributed by atoms with E-state index in [0.717, 1.165) is 5.56 Å². The summed E-state index contributed by atoms with van der Waals surface area (Å²) in [5.41, 5.74) is 5.12. The molecular weight excluding hydrogens is 380 g/mol. The van der Waals surface area contributed by atoms with Crippen LogP contribution in [0.4, 0.5) is 13.6 Å². The lowest BCUT2D eigenvalue weighted by Crippen LogP contribution is -2.72. The van der Waals surface area contributed by atoms with E-state index in [0.29, 0.717) is 24.3 Å². The van der Waals surface area contributed by atoms with Crippen molar-refractivity contribution in [2.45, 2.75) is 50.2 Å². The molecule has 160 valence electrons. The number of nitrogens with two attached hydrogens (primary N) is 1. The van der Waals surface area contributed by atoms with Gasteiger partial charge in [0.05, 0.1) is 11.3 Å². The largest absolute Gasteiger partial charge is 0.492 e. The zero-order valence-corrected chi connectivity index (χ0v) is 17.1. The number of nitrogens with zero attached hydrogens (tertiary/aromatic N) is 1. The first kappa shape index (κ1) is 20.3. The van der Waals surface area contributed by atoms with E-state index in [1.165, 1.54) is 4.90 Å². The van der Waals surface area contributed by atoms with E-state index < -0.39 is 28.9 Å². The number of halogens is 2. The third kappa shape index (κ3) is 3.46. The van der Waals surface area contributed by atoms with E-state index in [9.17, 15) is 4.79 Å². The second kappa shape index (κ2) is 6.80. The minimum atomic E-state index is -2.96. The Hall–Kier alpha value is -1.93. The Kier molecular flexibility index (Phi) is 4.77. The van der Waals surface area contributed by atoms with Crippen molar-refractivity contribution in [1.82, 2.24) is 10.2 Å². The summed E-state index contributed by atoms with van der Waals surface area (Å²) in [4.78, 5) is 14.1. The van der Waals surface area contributed by atoms with Crippen molar-refractivity contribution in [2.75, 3.05) is 32.8 Å². The summed E-state index contributed by atoms with van der Waals surface area (Å²) in [5.74, 6) is -3.34. The van der Waals surface area contributed by atoms with Crippen LogP contribution in [0.1, 0.15) is 31.9 Å². The average molecular weight is 409 g/mol. The summed E-state index contributed by atoms with van der Waals surface area (Å²) in [6, 6.07) is 5.17. The lowest BCUT2D eigenvalue weighted by atomic mass is 9.65. The fraction of sp³-hybridized carbons (Fsp3) is 0.667. The van der Waals surface area contributed by atoms with Gasteiger partial charge in [-0.2, -0.15) is 0 Å². The maximum atomic E-state index is 15.6. The van der Waals surface area contributed by atoms with Gasteiger partial charge < -0.3 is 25.4 Å². The minimum absolute atomic E-state index is 0.0348. The number of alkyl halides is 2. The van der Waals surface area contributed by atoms with Gasteiger partial charge in [0.25, 0.3) is 5.92 Å². The first-order valence-electron chi connectivity index (χ1n) is 10.1. The van der Waals surface area contributed by atoms with Gasteiger partial charge in [0, 0.05) is 32.2 Å². The van der Waals surface area contributed by atoms with Crippen molar-refractivity contribution < 1.29 is 23.0 Å². The normalized spacial score (nSPS) is 30.9. The van der Waals surface area contributed by atoms with Crippen LogP contribution in [-0.2, 0) is 16.6 Å². The van der Waals surface area contributed by atoms with Gasteiger partial charge in [0.15, 0.2) is 0 Å². The Labute approximate surface area is 169 Å². The van der Waals surface area contributed by atoms with Crippen LogP contribution in [0, 0.1) is 5.92 Å². The molecule has 3 aliphatic heterocycles. The van der Waals surface area contributed by atoms with Crippen LogP contribution in [0.5, 0.6) is 5.75 Å². The molecule has 0 radical (unpaired) electrons. The number of piperidine rings is 2. The number of benzene rings is 1. The van der Waals surface area contributed by atoms with E-state index >= 15 is 8.78 Å². The Morgan fingerprint density at radius 1 is 1.38 bits per heavy atom. The molecule has 2 fully saturated rings. The summed E-state index contributed by atoms with van der Waals surface area (Å²) in [7, 11) is 0.